The molecule has 1 aliphatic heterocycles. The van der Waals surface area contributed by atoms with Crippen molar-refractivity contribution in [3.63, 3.8) is 0 Å². The van der Waals surface area contributed by atoms with Crippen LogP contribution in [0.1, 0.15) is 32.1 Å². The highest BCUT2D eigenvalue weighted by molar-refractivity contribution is 5.76. The monoisotopic (exact) mass is 269 g/mol. The predicted molar refractivity (Wildman–Crippen MR) is 67.0 cm³/mol. The lowest BCUT2D eigenvalue weighted by molar-refractivity contribution is -0.145. The Kier molecular flexibility index (Phi) is 4.73. The number of ether oxygens (including phenoxy) is 2. The van der Waals surface area contributed by atoms with Gasteiger partial charge in [-0.2, -0.15) is 4.98 Å². The summed E-state index contributed by atoms with van der Waals surface area (Å²) in [5.74, 6) is 0.0351. The minimum Gasteiger partial charge on any atom is -0.465 e. The number of hydrogen-bond donors (Lipinski definition) is 0. The van der Waals surface area contributed by atoms with E-state index in [1.807, 2.05) is 11.8 Å². The predicted octanol–water partition coefficient (Wildman–Crippen LogP) is 0.963. The molecule has 0 aromatic carbocycles. The molecule has 7 heteroatoms. The summed E-state index contributed by atoms with van der Waals surface area (Å²) in [4.78, 5) is 18.1. The molecule has 2 rings (SSSR count). The summed E-state index contributed by atoms with van der Waals surface area (Å²) in [6.07, 6.45) is 0.573. The van der Waals surface area contributed by atoms with Crippen molar-refractivity contribution in [2.75, 3.05) is 37.8 Å². The van der Waals surface area contributed by atoms with Crippen LogP contribution in [0, 0.1) is 0 Å². The summed E-state index contributed by atoms with van der Waals surface area (Å²) in [5.41, 5.74) is 0. The number of morpholine rings is 1. The summed E-state index contributed by atoms with van der Waals surface area (Å²) in [6, 6.07) is 0. The maximum Gasteiger partial charge on any atom is 0.318 e. The molecular weight excluding hydrogens is 250 g/mol. The largest absolute Gasteiger partial charge is 0.465 e. The Bertz CT molecular complexity index is 415. The quantitative estimate of drug-likeness (QED) is 0.737. The number of rotatable bonds is 5. The van der Waals surface area contributed by atoms with Gasteiger partial charge in [-0.15, -0.1) is 0 Å². The molecule has 106 valence electrons. The smallest absolute Gasteiger partial charge is 0.318 e. The number of anilines is 1. The van der Waals surface area contributed by atoms with Crippen molar-refractivity contribution in [2.24, 2.45) is 0 Å². The van der Waals surface area contributed by atoms with Gasteiger partial charge in [-0.1, -0.05) is 6.92 Å². The molecule has 1 unspecified atom stereocenters. The fraction of sp³-hybridized carbons (Fsp3) is 0.750. The van der Waals surface area contributed by atoms with Gasteiger partial charge in [0, 0.05) is 13.1 Å². The molecule has 7 nitrogen and oxygen atoms in total. The summed E-state index contributed by atoms with van der Waals surface area (Å²) in [5, 5.41) is 3.93. The van der Waals surface area contributed by atoms with Crippen LogP contribution in [0.5, 0.6) is 0 Å². The lowest BCUT2D eigenvalue weighted by Gasteiger charge is -2.24. The zero-order valence-electron chi connectivity index (χ0n) is 11.3. The molecule has 1 aromatic rings. The number of esters is 1. The second-order valence-electron chi connectivity index (χ2n) is 4.24. The number of aromatic nitrogens is 2. The highest BCUT2D eigenvalue weighted by atomic mass is 16.5. The van der Waals surface area contributed by atoms with Crippen LogP contribution in [0.4, 0.5) is 5.95 Å². The van der Waals surface area contributed by atoms with Crippen LogP contribution in [-0.4, -0.2) is 49.0 Å². The van der Waals surface area contributed by atoms with Gasteiger partial charge in [0.05, 0.1) is 19.8 Å². The summed E-state index contributed by atoms with van der Waals surface area (Å²) in [7, 11) is 0. The fourth-order valence-corrected chi connectivity index (χ4v) is 1.95. The second-order valence-corrected chi connectivity index (χ2v) is 4.24. The van der Waals surface area contributed by atoms with Gasteiger partial charge in [0.1, 0.15) is 5.92 Å². The van der Waals surface area contributed by atoms with E-state index in [1.165, 1.54) is 0 Å². The first-order valence-electron chi connectivity index (χ1n) is 6.59. The Labute approximate surface area is 111 Å². The Hall–Kier alpha value is -1.63. The van der Waals surface area contributed by atoms with E-state index in [-0.39, 0.29) is 5.97 Å². The molecule has 0 aliphatic carbocycles. The summed E-state index contributed by atoms with van der Waals surface area (Å²) in [6.45, 7) is 6.78. The van der Waals surface area contributed by atoms with E-state index in [0.29, 0.717) is 38.1 Å². The zero-order chi connectivity index (χ0) is 13.7. The highest BCUT2D eigenvalue weighted by Gasteiger charge is 2.27. The van der Waals surface area contributed by atoms with Gasteiger partial charge < -0.3 is 18.9 Å². The minimum absolute atomic E-state index is 0.317. The van der Waals surface area contributed by atoms with E-state index in [1.54, 1.807) is 6.92 Å². The maximum absolute atomic E-state index is 11.8. The Morgan fingerprint density at radius 2 is 2.16 bits per heavy atom. The Morgan fingerprint density at radius 3 is 2.79 bits per heavy atom. The number of carbonyl (C=O) groups excluding carboxylic acids is 1. The molecule has 0 spiro atoms. The van der Waals surface area contributed by atoms with Gasteiger partial charge in [-0.25, -0.2) is 0 Å². The normalized spacial score (nSPS) is 17.3. The molecule has 1 aliphatic rings. The van der Waals surface area contributed by atoms with E-state index < -0.39 is 5.92 Å². The van der Waals surface area contributed by atoms with Crippen LogP contribution >= 0.6 is 0 Å². The molecule has 0 amide bonds. The lowest BCUT2D eigenvalue weighted by atomic mass is 10.1. The first-order chi connectivity index (χ1) is 9.26. The van der Waals surface area contributed by atoms with Crippen LogP contribution in [0.15, 0.2) is 4.52 Å². The molecule has 1 fully saturated rings. The van der Waals surface area contributed by atoms with Crippen LogP contribution in [-0.2, 0) is 14.3 Å². The zero-order valence-corrected chi connectivity index (χ0v) is 11.3. The first kappa shape index (κ1) is 13.8. The lowest BCUT2D eigenvalue weighted by Crippen LogP contribution is -2.36. The summed E-state index contributed by atoms with van der Waals surface area (Å²) >= 11 is 0. The van der Waals surface area contributed by atoms with Crippen LogP contribution in [0.25, 0.3) is 0 Å². The van der Waals surface area contributed by atoms with E-state index in [4.69, 9.17) is 14.0 Å². The van der Waals surface area contributed by atoms with Gasteiger partial charge in [0.15, 0.2) is 0 Å². The summed E-state index contributed by atoms with van der Waals surface area (Å²) < 4.78 is 15.5. The number of carbonyl (C=O) groups is 1. The fourth-order valence-electron chi connectivity index (χ4n) is 1.95. The average Bonchev–Trinajstić information content (AvgIpc) is 2.90. The second kappa shape index (κ2) is 6.51. The third kappa shape index (κ3) is 3.23. The molecular formula is C12H19N3O4. The van der Waals surface area contributed by atoms with E-state index in [0.717, 1.165) is 13.1 Å². The van der Waals surface area contributed by atoms with Crippen molar-refractivity contribution in [1.82, 2.24) is 10.1 Å². The van der Waals surface area contributed by atoms with Gasteiger partial charge in [-0.05, 0) is 18.5 Å². The van der Waals surface area contributed by atoms with Crippen LogP contribution < -0.4 is 4.90 Å². The third-order valence-electron chi connectivity index (χ3n) is 3.00. The van der Waals surface area contributed by atoms with Crippen LogP contribution in [0.3, 0.4) is 0 Å². The van der Waals surface area contributed by atoms with Crippen molar-refractivity contribution < 1.29 is 18.8 Å². The molecule has 2 heterocycles. The third-order valence-corrected chi connectivity index (χ3v) is 3.00. The highest BCUT2D eigenvalue weighted by Crippen LogP contribution is 2.22. The van der Waals surface area contributed by atoms with Crippen LogP contribution in [0.2, 0.25) is 0 Å². The molecule has 0 radical (unpaired) electrons. The van der Waals surface area contributed by atoms with Crippen molar-refractivity contribution in [3.05, 3.63) is 5.89 Å². The topological polar surface area (TPSA) is 77.7 Å². The average molecular weight is 269 g/mol. The van der Waals surface area contributed by atoms with Crippen molar-refractivity contribution in [2.45, 2.75) is 26.2 Å². The standard InChI is InChI=1S/C12H19N3O4/c1-3-9(11(16)18-4-2)10-13-12(14-19-10)15-5-7-17-8-6-15/h9H,3-8H2,1-2H3. The molecule has 1 aromatic heterocycles. The Morgan fingerprint density at radius 1 is 1.42 bits per heavy atom. The molecule has 0 saturated carbocycles. The number of hydrogen-bond acceptors (Lipinski definition) is 7. The van der Waals surface area contributed by atoms with Crippen molar-refractivity contribution >= 4 is 11.9 Å². The SMILES string of the molecule is CCOC(=O)C(CC)c1nc(N2CCOCC2)no1. The van der Waals surface area contributed by atoms with Crippen molar-refractivity contribution in [1.29, 1.82) is 0 Å². The molecule has 1 saturated heterocycles. The molecule has 19 heavy (non-hydrogen) atoms. The Balaban J connectivity index is 2.07. The van der Waals surface area contributed by atoms with E-state index >= 15 is 0 Å². The first-order valence-corrected chi connectivity index (χ1v) is 6.59. The van der Waals surface area contributed by atoms with Crippen molar-refractivity contribution in [3.8, 4) is 0 Å². The van der Waals surface area contributed by atoms with Gasteiger partial charge in [-0.3, -0.25) is 4.79 Å². The van der Waals surface area contributed by atoms with Gasteiger partial charge >= 0.3 is 5.97 Å². The van der Waals surface area contributed by atoms with E-state index in [9.17, 15) is 4.79 Å². The van der Waals surface area contributed by atoms with Gasteiger partial charge in [0.25, 0.3) is 5.95 Å². The van der Waals surface area contributed by atoms with E-state index in [2.05, 4.69) is 10.1 Å². The maximum atomic E-state index is 11.8. The number of nitrogens with zero attached hydrogens (tertiary/aromatic N) is 3. The molecule has 0 N–H and O–H groups in total. The van der Waals surface area contributed by atoms with Gasteiger partial charge in [0.2, 0.25) is 5.89 Å². The molecule has 1 atom stereocenters. The minimum atomic E-state index is -0.484. The molecule has 0 bridgehead atoms.